The third-order valence-electron chi connectivity index (χ3n) is 8.31. The van der Waals surface area contributed by atoms with Gasteiger partial charge in [0.2, 0.25) is 0 Å². The van der Waals surface area contributed by atoms with E-state index in [1.165, 1.54) is 11.8 Å². The van der Waals surface area contributed by atoms with Gasteiger partial charge in [-0.15, -0.1) is 11.8 Å². The summed E-state index contributed by atoms with van der Waals surface area (Å²) in [6.07, 6.45) is 0. The Hall–Kier alpha value is -2.27. The number of benzene rings is 2. The first kappa shape index (κ1) is 34.9. The highest BCUT2D eigenvalue weighted by molar-refractivity contribution is 8.02. The molecule has 5 heteroatoms. The van der Waals surface area contributed by atoms with Gasteiger partial charge in [-0.05, 0) is 107 Å². The molecule has 0 saturated carbocycles. The number of thioether (sulfide) groups is 1. The lowest BCUT2D eigenvalue weighted by Gasteiger charge is -2.40. The van der Waals surface area contributed by atoms with Gasteiger partial charge < -0.3 is 10.2 Å². The fraction of sp³-hybridized carbons (Fsp3) is 0.611. The number of hydrogen-bond acceptors (Lipinski definition) is 5. The fourth-order valence-corrected chi connectivity index (χ4v) is 6.76. The van der Waals surface area contributed by atoms with Crippen molar-refractivity contribution in [1.29, 1.82) is 0 Å². The topological polar surface area (TPSA) is 74.6 Å². The van der Waals surface area contributed by atoms with Crippen LogP contribution < -0.4 is 0 Å². The minimum atomic E-state index is -1.10. The molecule has 0 bridgehead atoms. The number of Topliss-reactive ketones (excluding diaryl/α,β-unsaturated/α-hetero) is 2. The second-order valence-corrected chi connectivity index (χ2v) is 18.0. The zero-order valence-electron chi connectivity index (χ0n) is 28.4. The SMILES string of the molecule is CC(=O)C(C)(SC(C)(C(C)=O)c1cc(C(C)(C)C)c(O)c(C(C)(C)C)c1)c1cc(C(C)(C)C)c(O)c(C(C)(C)C)c1. The number of carbonyl (C=O) groups excluding carboxylic acids is 2. The molecule has 2 aromatic rings. The molecular formula is C36H54O4S. The Morgan fingerprint density at radius 1 is 0.488 bits per heavy atom. The van der Waals surface area contributed by atoms with Gasteiger partial charge >= 0.3 is 0 Å². The van der Waals surface area contributed by atoms with E-state index < -0.39 is 9.49 Å². The van der Waals surface area contributed by atoms with Crippen LogP contribution in [0.25, 0.3) is 0 Å². The average Bonchev–Trinajstić information content (AvgIpc) is 2.75. The molecule has 2 N–H and O–H groups in total. The molecule has 0 heterocycles. The third-order valence-corrected chi connectivity index (χ3v) is 10.2. The van der Waals surface area contributed by atoms with Crippen molar-refractivity contribution in [3.63, 3.8) is 0 Å². The van der Waals surface area contributed by atoms with Crippen molar-refractivity contribution in [2.24, 2.45) is 0 Å². The molecule has 0 aromatic heterocycles. The molecule has 0 spiro atoms. The smallest absolute Gasteiger partial charge is 0.150 e. The minimum Gasteiger partial charge on any atom is -0.507 e. The highest BCUT2D eigenvalue weighted by Gasteiger charge is 2.46. The number of rotatable bonds is 6. The first-order valence-corrected chi connectivity index (χ1v) is 15.4. The summed E-state index contributed by atoms with van der Waals surface area (Å²) in [4.78, 5) is 27.4. The van der Waals surface area contributed by atoms with Crippen LogP contribution in [0.5, 0.6) is 11.5 Å². The molecule has 0 aliphatic rings. The van der Waals surface area contributed by atoms with E-state index in [2.05, 4.69) is 83.1 Å². The highest BCUT2D eigenvalue weighted by Crippen LogP contribution is 2.54. The number of hydrogen-bond donors (Lipinski definition) is 2. The summed E-state index contributed by atoms with van der Waals surface area (Å²) in [6, 6.07) is 7.77. The van der Waals surface area contributed by atoms with E-state index in [1.807, 2.05) is 38.1 Å². The summed E-state index contributed by atoms with van der Waals surface area (Å²) >= 11 is 1.34. The van der Waals surface area contributed by atoms with E-state index in [4.69, 9.17) is 0 Å². The van der Waals surface area contributed by atoms with Crippen LogP contribution in [0.3, 0.4) is 0 Å². The molecule has 2 aromatic carbocycles. The van der Waals surface area contributed by atoms with Gasteiger partial charge in [0.1, 0.15) is 23.1 Å². The molecule has 0 saturated heterocycles. The van der Waals surface area contributed by atoms with Gasteiger partial charge in [0, 0.05) is 0 Å². The Bertz CT molecular complexity index is 1170. The normalized spacial score (nSPS) is 16.2. The molecule has 0 radical (unpaired) electrons. The standard InChI is InChI=1S/C36H54O4S/c1-21(37)35(15,23-17-25(31(3,4)5)29(39)26(18-23)32(6,7)8)41-36(16,22(2)38)24-19-27(33(9,10)11)30(40)28(20-24)34(12,13)14/h17-20,39-40H,1-16H3. The van der Waals surface area contributed by atoms with Gasteiger partial charge in [0.25, 0.3) is 0 Å². The molecule has 0 aliphatic heterocycles. The Balaban J connectivity index is 3.01. The van der Waals surface area contributed by atoms with Gasteiger partial charge in [0.05, 0.1) is 9.49 Å². The van der Waals surface area contributed by atoms with Crippen LogP contribution in [-0.2, 0) is 40.7 Å². The molecule has 0 fully saturated rings. The zero-order valence-corrected chi connectivity index (χ0v) is 29.2. The van der Waals surface area contributed by atoms with Gasteiger partial charge in [-0.3, -0.25) is 9.59 Å². The van der Waals surface area contributed by atoms with Crippen molar-refractivity contribution in [1.82, 2.24) is 0 Å². The van der Waals surface area contributed by atoms with Crippen molar-refractivity contribution in [2.45, 2.75) is 142 Å². The molecule has 2 rings (SSSR count). The maximum absolute atomic E-state index is 13.7. The van der Waals surface area contributed by atoms with E-state index in [1.54, 1.807) is 13.8 Å². The second-order valence-electron chi connectivity index (χ2n) is 16.1. The minimum absolute atomic E-state index is 0.0775. The van der Waals surface area contributed by atoms with Crippen molar-refractivity contribution < 1.29 is 19.8 Å². The van der Waals surface area contributed by atoms with Crippen molar-refractivity contribution >= 4 is 23.3 Å². The maximum Gasteiger partial charge on any atom is 0.150 e. The molecule has 4 nitrogen and oxygen atoms in total. The predicted octanol–water partition coefficient (Wildman–Crippen LogP) is 9.33. The summed E-state index contributed by atoms with van der Waals surface area (Å²) in [6.45, 7) is 31.5. The van der Waals surface area contributed by atoms with E-state index >= 15 is 0 Å². The predicted molar refractivity (Wildman–Crippen MR) is 175 cm³/mol. The number of phenolic OH excluding ortho intramolecular Hbond substituents is 2. The molecule has 0 aliphatic carbocycles. The van der Waals surface area contributed by atoms with E-state index in [-0.39, 0.29) is 44.7 Å². The van der Waals surface area contributed by atoms with Crippen LogP contribution in [0, 0.1) is 0 Å². The molecule has 2 atom stereocenters. The Kier molecular flexibility index (Phi) is 9.18. The van der Waals surface area contributed by atoms with Crippen molar-refractivity contribution in [2.75, 3.05) is 0 Å². The Labute approximate surface area is 253 Å². The number of carbonyl (C=O) groups is 2. The largest absolute Gasteiger partial charge is 0.507 e. The summed E-state index contributed by atoms with van der Waals surface area (Å²) in [5.74, 6) is 0.349. The van der Waals surface area contributed by atoms with Crippen LogP contribution in [0.2, 0.25) is 0 Å². The van der Waals surface area contributed by atoms with E-state index in [0.717, 1.165) is 33.4 Å². The maximum atomic E-state index is 13.7. The summed E-state index contributed by atoms with van der Waals surface area (Å²) in [5.41, 5.74) is 3.14. The summed E-state index contributed by atoms with van der Waals surface area (Å²) in [7, 11) is 0. The molecular weight excluding hydrogens is 528 g/mol. The summed E-state index contributed by atoms with van der Waals surface area (Å²) < 4.78 is -2.20. The first-order chi connectivity index (χ1) is 18.1. The third kappa shape index (κ3) is 6.87. The number of phenols is 2. The monoisotopic (exact) mass is 582 g/mol. The van der Waals surface area contributed by atoms with Crippen LogP contribution in [0.15, 0.2) is 24.3 Å². The van der Waals surface area contributed by atoms with Crippen LogP contribution >= 0.6 is 11.8 Å². The van der Waals surface area contributed by atoms with E-state index in [0.29, 0.717) is 0 Å². The molecule has 2 unspecified atom stereocenters. The number of ketones is 2. The molecule has 0 amide bonds. The van der Waals surface area contributed by atoms with Crippen LogP contribution in [0.1, 0.15) is 144 Å². The van der Waals surface area contributed by atoms with Gasteiger partial charge in [-0.1, -0.05) is 83.1 Å². The lowest BCUT2D eigenvalue weighted by atomic mass is 9.76. The molecule has 41 heavy (non-hydrogen) atoms. The van der Waals surface area contributed by atoms with Crippen LogP contribution in [-0.4, -0.2) is 21.8 Å². The van der Waals surface area contributed by atoms with Gasteiger partial charge in [0.15, 0.2) is 0 Å². The molecule has 228 valence electrons. The first-order valence-electron chi connectivity index (χ1n) is 14.6. The quantitative estimate of drug-likeness (QED) is 0.355. The Morgan fingerprint density at radius 2 is 0.683 bits per heavy atom. The van der Waals surface area contributed by atoms with E-state index in [9.17, 15) is 19.8 Å². The zero-order chi connectivity index (χ0) is 32.3. The lowest BCUT2D eigenvalue weighted by molar-refractivity contribution is -0.119. The lowest BCUT2D eigenvalue weighted by Crippen LogP contribution is -2.38. The summed E-state index contributed by atoms with van der Waals surface area (Å²) in [5, 5.41) is 22.7. The second kappa shape index (κ2) is 10.8. The highest BCUT2D eigenvalue weighted by atomic mass is 32.2. The Morgan fingerprint density at radius 3 is 0.829 bits per heavy atom. The van der Waals surface area contributed by atoms with Gasteiger partial charge in [-0.2, -0.15) is 0 Å². The fourth-order valence-electron chi connectivity index (χ4n) is 5.18. The van der Waals surface area contributed by atoms with Crippen molar-refractivity contribution in [3.05, 3.63) is 57.6 Å². The van der Waals surface area contributed by atoms with Crippen molar-refractivity contribution in [3.8, 4) is 11.5 Å². The number of aromatic hydroxyl groups is 2. The van der Waals surface area contributed by atoms with Crippen LogP contribution in [0.4, 0.5) is 0 Å². The average molecular weight is 583 g/mol. The van der Waals surface area contributed by atoms with Gasteiger partial charge in [-0.25, -0.2) is 0 Å².